The van der Waals surface area contributed by atoms with E-state index >= 15 is 0 Å². The van der Waals surface area contributed by atoms with Crippen molar-refractivity contribution in [3.8, 4) is 26.9 Å². The van der Waals surface area contributed by atoms with E-state index in [1.54, 1.807) is 13.2 Å². The van der Waals surface area contributed by atoms with Gasteiger partial charge >= 0.3 is 0 Å². The summed E-state index contributed by atoms with van der Waals surface area (Å²) in [7, 11) is 1.75. The van der Waals surface area contributed by atoms with E-state index in [0.29, 0.717) is 17.3 Å². The third-order valence-electron chi connectivity index (χ3n) is 5.32. The van der Waals surface area contributed by atoms with Crippen molar-refractivity contribution in [1.82, 2.24) is 10.2 Å². The van der Waals surface area contributed by atoms with Crippen molar-refractivity contribution in [3.63, 3.8) is 0 Å². The molecule has 1 aliphatic carbocycles. The second-order valence-corrected chi connectivity index (χ2v) is 7.84. The lowest BCUT2D eigenvalue weighted by atomic mass is 9.77. The molecular formula is C22H20IN3O2. The van der Waals surface area contributed by atoms with Crippen molar-refractivity contribution in [2.75, 3.05) is 12.4 Å². The van der Waals surface area contributed by atoms with Crippen molar-refractivity contribution in [3.05, 3.63) is 48.0 Å². The summed E-state index contributed by atoms with van der Waals surface area (Å²) in [5, 5.41) is 24.8. The van der Waals surface area contributed by atoms with E-state index in [1.807, 2.05) is 59.0 Å². The first kappa shape index (κ1) is 19.0. The molecule has 4 rings (SSSR count). The van der Waals surface area contributed by atoms with E-state index in [9.17, 15) is 5.11 Å². The van der Waals surface area contributed by atoms with Crippen LogP contribution in [-0.2, 0) is 4.74 Å². The summed E-state index contributed by atoms with van der Waals surface area (Å²) in [6, 6.07) is 13.7. The number of aromatic nitrogens is 2. The van der Waals surface area contributed by atoms with Crippen LogP contribution in [0.1, 0.15) is 25.3 Å². The number of methoxy groups -OCH3 is 1. The van der Waals surface area contributed by atoms with Crippen LogP contribution in [0, 0.1) is 9.85 Å². The van der Waals surface area contributed by atoms with Crippen LogP contribution in [0.4, 0.5) is 5.82 Å². The van der Waals surface area contributed by atoms with E-state index in [1.165, 1.54) is 0 Å². The Morgan fingerprint density at radius 3 is 2.61 bits per heavy atom. The maximum atomic E-state index is 10.5. The van der Waals surface area contributed by atoms with Crippen molar-refractivity contribution in [1.29, 1.82) is 0 Å². The minimum Gasteiger partial charge on any atom is -0.507 e. The Hall–Kier alpha value is -2.37. The molecule has 28 heavy (non-hydrogen) atoms. The van der Waals surface area contributed by atoms with Crippen LogP contribution >= 0.6 is 22.6 Å². The Morgan fingerprint density at radius 2 is 1.93 bits per heavy atom. The summed E-state index contributed by atoms with van der Waals surface area (Å²) >= 11 is 1.98. The van der Waals surface area contributed by atoms with Gasteiger partial charge in [0.15, 0.2) is 5.82 Å². The molecule has 0 aliphatic heterocycles. The molecule has 6 heteroatoms. The number of halogens is 1. The van der Waals surface area contributed by atoms with E-state index in [2.05, 4.69) is 32.3 Å². The predicted molar refractivity (Wildman–Crippen MR) is 120 cm³/mol. The third kappa shape index (κ3) is 3.52. The topological polar surface area (TPSA) is 67.3 Å². The van der Waals surface area contributed by atoms with E-state index in [4.69, 9.17) is 4.74 Å². The fourth-order valence-electron chi connectivity index (χ4n) is 3.72. The number of hydrogen-bond acceptors (Lipinski definition) is 5. The maximum Gasteiger partial charge on any atom is 0.156 e. The van der Waals surface area contributed by atoms with Gasteiger partial charge in [-0.2, -0.15) is 0 Å². The van der Waals surface area contributed by atoms with E-state index in [-0.39, 0.29) is 11.4 Å². The largest absolute Gasteiger partial charge is 0.507 e. The van der Waals surface area contributed by atoms with E-state index in [0.717, 1.165) is 35.0 Å². The quantitative estimate of drug-likeness (QED) is 0.414. The van der Waals surface area contributed by atoms with Gasteiger partial charge in [-0.3, -0.25) is 0 Å². The van der Waals surface area contributed by atoms with Crippen LogP contribution in [0.15, 0.2) is 42.5 Å². The summed E-state index contributed by atoms with van der Waals surface area (Å²) in [6.07, 6.45) is 1.86. The molecule has 0 radical (unpaired) electrons. The van der Waals surface area contributed by atoms with Crippen LogP contribution < -0.4 is 5.32 Å². The molecule has 1 heterocycles. The summed E-state index contributed by atoms with van der Waals surface area (Å²) in [5.74, 6) is 3.84. The fraction of sp³-hybridized carbons (Fsp3) is 0.273. The molecule has 1 aliphatic rings. The Bertz CT molecular complexity index is 1100. The number of aromatic hydroxyl groups is 1. The number of ether oxygens (including phenoxy) is 1. The maximum absolute atomic E-state index is 10.5. The Balaban J connectivity index is 1.71. The molecule has 1 fully saturated rings. The van der Waals surface area contributed by atoms with Gasteiger partial charge in [0.1, 0.15) is 11.4 Å². The molecule has 0 saturated heterocycles. The molecular weight excluding hydrogens is 465 g/mol. The Morgan fingerprint density at radius 1 is 1.18 bits per heavy atom. The number of benzene rings is 2. The number of nitrogens with zero attached hydrogens (tertiary/aromatic N) is 2. The molecule has 0 bridgehead atoms. The molecule has 0 spiro atoms. The van der Waals surface area contributed by atoms with Crippen molar-refractivity contribution >= 4 is 39.2 Å². The molecule has 5 nitrogen and oxygen atoms in total. The van der Waals surface area contributed by atoms with Crippen LogP contribution in [-0.4, -0.2) is 34.1 Å². The highest BCUT2D eigenvalue weighted by Crippen LogP contribution is 2.39. The number of anilines is 1. The minimum atomic E-state index is -0.0603. The van der Waals surface area contributed by atoms with Crippen LogP contribution in [0.2, 0.25) is 0 Å². The highest BCUT2D eigenvalue weighted by Gasteiger charge is 2.40. The smallest absolute Gasteiger partial charge is 0.156 e. The summed E-state index contributed by atoms with van der Waals surface area (Å²) in [5.41, 5.74) is 2.00. The highest BCUT2D eigenvalue weighted by molar-refractivity contribution is 14.1. The molecule has 0 amide bonds. The lowest BCUT2D eigenvalue weighted by Gasteiger charge is -2.44. The van der Waals surface area contributed by atoms with Gasteiger partial charge in [-0.1, -0.05) is 30.2 Å². The molecule has 1 aromatic heterocycles. The van der Waals surface area contributed by atoms with E-state index < -0.39 is 0 Å². The third-order valence-corrected chi connectivity index (χ3v) is 5.59. The van der Waals surface area contributed by atoms with Gasteiger partial charge in [0.05, 0.1) is 5.60 Å². The van der Waals surface area contributed by atoms with Gasteiger partial charge in [0.25, 0.3) is 0 Å². The zero-order valence-electron chi connectivity index (χ0n) is 15.7. The summed E-state index contributed by atoms with van der Waals surface area (Å²) in [6.45, 7) is 2.12. The van der Waals surface area contributed by atoms with Gasteiger partial charge < -0.3 is 15.2 Å². The molecule has 0 unspecified atom stereocenters. The standard InChI is InChI=1S/C22H20IN3O2/c1-22(28-2)12-15(13-22)24-21-17-6-4-3-5-16(17)20(25-26-21)18-8-7-14(9-10-23)11-19(18)27/h3-8,11,15,27H,12-13H2,1-2H3,(H,24,26). The van der Waals surface area contributed by atoms with Crippen LogP contribution in [0.5, 0.6) is 5.75 Å². The van der Waals surface area contributed by atoms with Crippen molar-refractivity contribution in [2.45, 2.75) is 31.4 Å². The van der Waals surface area contributed by atoms with Gasteiger partial charge in [0, 0.05) is 57.6 Å². The molecule has 0 atom stereocenters. The van der Waals surface area contributed by atoms with Gasteiger partial charge in [-0.25, -0.2) is 0 Å². The number of phenols is 1. The van der Waals surface area contributed by atoms with Crippen LogP contribution in [0.3, 0.4) is 0 Å². The van der Waals surface area contributed by atoms with Crippen LogP contribution in [0.25, 0.3) is 22.0 Å². The van der Waals surface area contributed by atoms with Gasteiger partial charge in [-0.05, 0) is 41.9 Å². The normalized spacial score (nSPS) is 20.9. The van der Waals surface area contributed by atoms with Crippen molar-refractivity contribution in [2.24, 2.45) is 0 Å². The second-order valence-electron chi connectivity index (χ2n) is 7.30. The lowest BCUT2D eigenvalue weighted by molar-refractivity contribution is -0.0625. The number of phenolic OH excluding ortho intramolecular Hbond substituents is 1. The minimum absolute atomic E-state index is 0.0603. The molecule has 1 saturated carbocycles. The lowest BCUT2D eigenvalue weighted by Crippen LogP contribution is -2.49. The average Bonchev–Trinajstić information content (AvgIpc) is 2.68. The molecule has 2 N–H and O–H groups in total. The first-order valence-corrected chi connectivity index (χ1v) is 10.1. The van der Waals surface area contributed by atoms with Gasteiger partial charge in [-0.15, -0.1) is 10.2 Å². The number of fused-ring (bicyclic) bond motifs is 1. The molecule has 142 valence electrons. The SMILES string of the molecule is COC1(C)CC(Nc2nnc(-c3ccc(C#CI)cc3O)c3ccccc23)C1. The zero-order valence-corrected chi connectivity index (χ0v) is 17.8. The fourth-order valence-corrected chi connectivity index (χ4v) is 4.03. The summed E-state index contributed by atoms with van der Waals surface area (Å²) in [4.78, 5) is 0. The Labute approximate surface area is 177 Å². The average molecular weight is 485 g/mol. The first-order chi connectivity index (χ1) is 13.5. The molecule has 2 aromatic carbocycles. The van der Waals surface area contributed by atoms with Gasteiger partial charge in [0.2, 0.25) is 0 Å². The summed E-state index contributed by atoms with van der Waals surface area (Å²) < 4.78 is 8.34. The highest BCUT2D eigenvalue weighted by atomic mass is 127. The number of rotatable bonds is 4. The molecule has 3 aromatic rings. The zero-order chi connectivity index (χ0) is 19.7. The number of hydrogen-bond donors (Lipinski definition) is 2. The van der Waals surface area contributed by atoms with Crippen molar-refractivity contribution < 1.29 is 9.84 Å². The second kappa shape index (κ2) is 7.57. The Kier molecular flexibility index (Phi) is 5.13. The monoisotopic (exact) mass is 485 g/mol. The first-order valence-electron chi connectivity index (χ1n) is 9.05. The predicted octanol–water partition coefficient (Wildman–Crippen LogP) is 4.73. The number of nitrogens with one attached hydrogen (secondary N) is 1.